The number of halogens is 3. The maximum Gasteiger partial charge on any atom is 0.318 e. The van der Waals surface area contributed by atoms with Crippen molar-refractivity contribution in [2.75, 3.05) is 39.0 Å². The molecule has 11 heteroatoms. The summed E-state index contributed by atoms with van der Waals surface area (Å²) in [6.45, 7) is 0.421. The quantitative estimate of drug-likeness (QED) is 0.714. The van der Waals surface area contributed by atoms with Crippen molar-refractivity contribution < 1.29 is 31.8 Å². The topological polar surface area (TPSA) is 87.2 Å². The van der Waals surface area contributed by atoms with Crippen LogP contribution < -0.4 is 0 Å². The number of aliphatic carboxylic acids is 1. The van der Waals surface area contributed by atoms with Gasteiger partial charge in [-0.2, -0.15) is 4.31 Å². The smallest absolute Gasteiger partial charge is 0.318 e. The van der Waals surface area contributed by atoms with E-state index in [9.17, 15) is 22.0 Å². The summed E-state index contributed by atoms with van der Waals surface area (Å²) in [4.78, 5) is 12.7. The Kier molecular flexibility index (Phi) is 8.35. The highest BCUT2D eigenvalue weighted by molar-refractivity contribution is 7.88. The SMILES string of the molecule is CS(=O)(=O)N(CC(=O)O)CC1CN(Cc2cccc(F)c2F)CCO1.Cl. The van der Waals surface area contributed by atoms with E-state index in [0.717, 1.165) is 16.6 Å². The van der Waals surface area contributed by atoms with Crippen molar-refractivity contribution >= 4 is 28.4 Å². The molecule has 0 bridgehead atoms. The highest BCUT2D eigenvalue weighted by Gasteiger charge is 2.28. The van der Waals surface area contributed by atoms with Crippen LogP contribution in [-0.4, -0.2) is 73.8 Å². The lowest BCUT2D eigenvalue weighted by molar-refractivity contribution is -0.137. The fraction of sp³-hybridized carbons (Fsp3) is 0.533. The first-order valence-corrected chi connectivity index (χ1v) is 9.45. The molecule has 0 aromatic heterocycles. The van der Waals surface area contributed by atoms with Crippen LogP contribution in [0, 0.1) is 11.6 Å². The number of ether oxygens (including phenoxy) is 1. The second-order valence-electron chi connectivity index (χ2n) is 5.89. The summed E-state index contributed by atoms with van der Waals surface area (Å²) < 4.78 is 56.8. The number of hydrogen-bond acceptors (Lipinski definition) is 5. The standard InChI is InChI=1S/C15H20F2N2O5S.ClH/c1-25(22,23)19(10-14(20)21)9-12-8-18(5-6-24-12)7-11-3-2-4-13(16)15(11)17;/h2-4,12H,5-10H2,1H3,(H,20,21);1H. The average Bonchev–Trinajstić information content (AvgIpc) is 2.50. The minimum Gasteiger partial charge on any atom is -0.480 e. The number of rotatable bonds is 7. The lowest BCUT2D eigenvalue weighted by Crippen LogP contribution is -2.49. The van der Waals surface area contributed by atoms with Gasteiger partial charge >= 0.3 is 5.97 Å². The van der Waals surface area contributed by atoms with Crippen LogP contribution in [0.5, 0.6) is 0 Å². The van der Waals surface area contributed by atoms with Crippen molar-refractivity contribution in [3.63, 3.8) is 0 Å². The molecule has 1 aliphatic rings. The first kappa shape index (κ1) is 22.7. The van der Waals surface area contributed by atoms with Crippen LogP contribution >= 0.6 is 12.4 Å². The molecular formula is C15H21ClF2N2O5S. The van der Waals surface area contributed by atoms with Gasteiger partial charge in [-0.25, -0.2) is 17.2 Å². The number of carbonyl (C=O) groups is 1. The number of morpholine rings is 1. The van der Waals surface area contributed by atoms with E-state index in [1.165, 1.54) is 12.1 Å². The van der Waals surface area contributed by atoms with E-state index in [2.05, 4.69) is 0 Å². The van der Waals surface area contributed by atoms with Gasteiger partial charge in [0.15, 0.2) is 11.6 Å². The Morgan fingerprint density at radius 2 is 2.12 bits per heavy atom. The predicted molar refractivity (Wildman–Crippen MR) is 92.7 cm³/mol. The van der Waals surface area contributed by atoms with Crippen LogP contribution in [0.25, 0.3) is 0 Å². The molecule has 0 amide bonds. The van der Waals surface area contributed by atoms with Crippen molar-refractivity contribution in [2.45, 2.75) is 12.6 Å². The van der Waals surface area contributed by atoms with Crippen molar-refractivity contribution in [2.24, 2.45) is 0 Å². The molecule has 0 saturated carbocycles. The fourth-order valence-electron chi connectivity index (χ4n) is 2.64. The molecule has 1 aromatic carbocycles. The zero-order valence-corrected chi connectivity index (χ0v) is 15.7. The average molecular weight is 415 g/mol. The Hall–Kier alpha value is -1.33. The van der Waals surface area contributed by atoms with Gasteiger partial charge in [0, 0.05) is 31.7 Å². The number of carboxylic acid groups (broad SMARTS) is 1. The van der Waals surface area contributed by atoms with Crippen LogP contribution in [0.4, 0.5) is 8.78 Å². The lowest BCUT2D eigenvalue weighted by atomic mass is 10.1. The third-order valence-electron chi connectivity index (χ3n) is 3.84. The van der Waals surface area contributed by atoms with Gasteiger partial charge < -0.3 is 9.84 Å². The Morgan fingerprint density at radius 3 is 2.73 bits per heavy atom. The Balaban J connectivity index is 0.00000338. The molecule has 0 aliphatic carbocycles. The monoisotopic (exact) mass is 414 g/mol. The predicted octanol–water partition coefficient (Wildman–Crippen LogP) is 0.934. The van der Waals surface area contributed by atoms with E-state index < -0.39 is 40.3 Å². The summed E-state index contributed by atoms with van der Waals surface area (Å²) in [5.74, 6) is -3.10. The zero-order valence-electron chi connectivity index (χ0n) is 14.1. The van der Waals surface area contributed by atoms with Crippen LogP contribution in [0.1, 0.15) is 5.56 Å². The van der Waals surface area contributed by atoms with Crippen molar-refractivity contribution in [1.82, 2.24) is 9.21 Å². The number of carboxylic acids is 1. The maximum absolute atomic E-state index is 13.8. The Morgan fingerprint density at radius 1 is 1.42 bits per heavy atom. The van der Waals surface area contributed by atoms with E-state index >= 15 is 0 Å². The summed E-state index contributed by atoms with van der Waals surface area (Å²) >= 11 is 0. The van der Waals surface area contributed by atoms with Crippen molar-refractivity contribution in [1.29, 1.82) is 0 Å². The van der Waals surface area contributed by atoms with E-state index in [1.807, 2.05) is 4.90 Å². The summed E-state index contributed by atoms with van der Waals surface area (Å²) in [5, 5.41) is 8.85. The van der Waals surface area contributed by atoms with Crippen LogP contribution in [-0.2, 0) is 26.1 Å². The Bertz CT molecular complexity index is 735. The first-order chi connectivity index (χ1) is 11.7. The molecule has 7 nitrogen and oxygen atoms in total. The number of nitrogens with zero attached hydrogens (tertiary/aromatic N) is 2. The summed E-state index contributed by atoms with van der Waals surface area (Å²) in [6, 6.07) is 3.94. The molecule has 1 aromatic rings. The van der Waals surface area contributed by atoms with Gasteiger partial charge in [-0.15, -0.1) is 12.4 Å². The molecular weight excluding hydrogens is 394 g/mol. The molecule has 1 unspecified atom stereocenters. The molecule has 148 valence electrons. The molecule has 2 rings (SSSR count). The third kappa shape index (κ3) is 6.44. The third-order valence-corrected chi connectivity index (χ3v) is 5.05. The molecule has 1 saturated heterocycles. The minimum absolute atomic E-state index is 0. The maximum atomic E-state index is 13.8. The van der Waals surface area contributed by atoms with Crippen molar-refractivity contribution in [3.05, 3.63) is 35.4 Å². The molecule has 1 fully saturated rings. The number of hydrogen-bond donors (Lipinski definition) is 1. The van der Waals surface area contributed by atoms with E-state index in [-0.39, 0.29) is 44.2 Å². The normalized spacial score (nSPS) is 18.5. The van der Waals surface area contributed by atoms with Gasteiger partial charge in [0.25, 0.3) is 0 Å². The second-order valence-corrected chi connectivity index (χ2v) is 7.87. The molecule has 1 aliphatic heterocycles. The summed E-state index contributed by atoms with van der Waals surface area (Å²) in [7, 11) is -3.70. The molecule has 0 spiro atoms. The summed E-state index contributed by atoms with van der Waals surface area (Å²) in [6.07, 6.45) is 0.373. The largest absolute Gasteiger partial charge is 0.480 e. The number of sulfonamides is 1. The van der Waals surface area contributed by atoms with Gasteiger partial charge in [-0.1, -0.05) is 12.1 Å². The van der Waals surface area contributed by atoms with Gasteiger partial charge in [-0.3, -0.25) is 9.69 Å². The van der Waals surface area contributed by atoms with Crippen LogP contribution in [0.2, 0.25) is 0 Å². The Labute approximate surface area is 157 Å². The van der Waals surface area contributed by atoms with Crippen molar-refractivity contribution in [3.8, 4) is 0 Å². The van der Waals surface area contributed by atoms with Gasteiger partial charge in [-0.05, 0) is 6.07 Å². The molecule has 26 heavy (non-hydrogen) atoms. The molecule has 0 radical (unpaired) electrons. The van der Waals surface area contributed by atoms with E-state index in [0.29, 0.717) is 6.54 Å². The second kappa shape index (κ2) is 9.56. The van der Waals surface area contributed by atoms with Crippen LogP contribution in [0.3, 0.4) is 0 Å². The van der Waals surface area contributed by atoms with E-state index in [4.69, 9.17) is 9.84 Å². The highest BCUT2D eigenvalue weighted by atomic mass is 35.5. The first-order valence-electron chi connectivity index (χ1n) is 7.60. The van der Waals surface area contributed by atoms with E-state index in [1.54, 1.807) is 0 Å². The highest BCUT2D eigenvalue weighted by Crippen LogP contribution is 2.16. The fourth-order valence-corrected chi connectivity index (χ4v) is 3.42. The lowest BCUT2D eigenvalue weighted by Gasteiger charge is -2.34. The van der Waals surface area contributed by atoms with Gasteiger partial charge in [0.05, 0.1) is 19.0 Å². The van der Waals surface area contributed by atoms with Gasteiger partial charge in [0.1, 0.15) is 6.54 Å². The number of benzene rings is 1. The molecule has 1 N–H and O–H groups in total. The summed E-state index contributed by atoms with van der Waals surface area (Å²) in [5.41, 5.74) is 0.200. The zero-order chi connectivity index (χ0) is 18.6. The van der Waals surface area contributed by atoms with Gasteiger partial charge in [0.2, 0.25) is 10.0 Å². The van der Waals surface area contributed by atoms with Crippen LogP contribution in [0.15, 0.2) is 18.2 Å². The molecule has 1 atom stereocenters. The molecule has 1 heterocycles. The minimum atomic E-state index is -3.70.